The van der Waals surface area contributed by atoms with Gasteiger partial charge in [-0.25, -0.2) is 4.79 Å². The molecule has 0 aromatic rings. The molecular weight excluding hydrogens is 225 g/mol. The predicted molar refractivity (Wildman–Crippen MR) is 28.2 cm³/mol. The molecule has 0 saturated carbocycles. The van der Waals surface area contributed by atoms with Crippen molar-refractivity contribution in [2.75, 3.05) is 0 Å². The van der Waals surface area contributed by atoms with E-state index >= 15 is 0 Å². The first-order valence-corrected chi connectivity index (χ1v) is 2.75. The van der Waals surface area contributed by atoms with E-state index in [-0.39, 0.29) is 93.0 Å². The maximum Gasteiger partial charge on any atom is 1.00 e. The third kappa shape index (κ3) is 329. The first kappa shape index (κ1) is 29.2. The van der Waals surface area contributed by atoms with Gasteiger partial charge < -0.3 is 14.5 Å². The molecule has 0 aliphatic carbocycles. The molecule has 0 spiro atoms. The molecule has 0 saturated heterocycles. The quantitative estimate of drug-likeness (QED) is 0.241. The van der Waals surface area contributed by atoms with Gasteiger partial charge in [-0.15, -0.1) is 0 Å². The molecule has 11 heteroatoms. The van der Waals surface area contributed by atoms with Gasteiger partial charge in [0.15, 0.2) is 0 Å². The zero-order valence-corrected chi connectivity index (χ0v) is 13.7. The summed E-state index contributed by atoms with van der Waals surface area (Å²) < 4.78 is 31.6. The van der Waals surface area contributed by atoms with E-state index < -0.39 is 16.6 Å². The fraction of sp³-hybridized carbons (Fsp3) is 0. The number of carboxylic acid groups (broad SMARTS) is 2. The Morgan fingerprint density at radius 1 is 1.00 bits per heavy atom. The molecule has 0 aliphatic rings. The topological polar surface area (TPSA) is 132 Å². The molecule has 0 aromatic carbocycles. The number of hydrogen-bond donors (Lipinski definition) is 4. The molecule has 0 aliphatic heterocycles. The van der Waals surface area contributed by atoms with Crippen LogP contribution in [-0.4, -0.2) is 33.9 Å². The minimum atomic E-state index is -4.67. The van der Waals surface area contributed by atoms with Crippen molar-refractivity contribution in [1.82, 2.24) is 0 Å². The van der Waals surface area contributed by atoms with Gasteiger partial charge in [-0.3, -0.25) is 9.11 Å². The average Bonchev–Trinajstić information content (AvgIpc) is 1.19. The Balaban J connectivity index is -0.00000000785. The standard InChI is InChI=1S/CH2O3.3Na.H2O4S.3H/c2-1(3)4;;;;1-5(2,3)4;;;/h(H2,2,3,4);;;;(H2,1,2,3,4);;;/q;3*+1;;3*-1. The van der Waals surface area contributed by atoms with E-state index in [1.165, 1.54) is 0 Å². The summed E-state index contributed by atoms with van der Waals surface area (Å²) in [6.45, 7) is 0. The summed E-state index contributed by atoms with van der Waals surface area (Å²) in [6.07, 6.45) is -1.83. The van der Waals surface area contributed by atoms with Gasteiger partial charge in [0, 0.05) is 0 Å². The number of rotatable bonds is 0. The van der Waals surface area contributed by atoms with Crippen LogP contribution >= 0.6 is 0 Å². The van der Waals surface area contributed by atoms with Crippen molar-refractivity contribution >= 4 is 16.6 Å². The second-order valence-electron chi connectivity index (χ2n) is 0.730. The normalized spacial score (nSPS) is 6.83. The van der Waals surface area contributed by atoms with Gasteiger partial charge in [0.1, 0.15) is 0 Å². The number of hydrogen-bond acceptors (Lipinski definition) is 3. The summed E-state index contributed by atoms with van der Waals surface area (Å²) in [5.41, 5.74) is 0. The molecule has 0 amide bonds. The van der Waals surface area contributed by atoms with E-state index in [0.717, 1.165) is 0 Å². The van der Waals surface area contributed by atoms with Gasteiger partial charge in [0.25, 0.3) is 0 Å². The average molecular weight is 232 g/mol. The van der Waals surface area contributed by atoms with Crippen LogP contribution < -0.4 is 88.7 Å². The van der Waals surface area contributed by atoms with Crippen LogP contribution in [0.3, 0.4) is 0 Å². The second kappa shape index (κ2) is 15.6. The minimum absolute atomic E-state index is 0. The van der Waals surface area contributed by atoms with Crippen molar-refractivity contribution < 1.29 is 125 Å². The molecule has 0 fully saturated rings. The first-order valence-electron chi connectivity index (χ1n) is 1.35. The Morgan fingerprint density at radius 3 is 1.00 bits per heavy atom. The largest absolute Gasteiger partial charge is 1.00 e. The van der Waals surface area contributed by atoms with E-state index in [4.69, 9.17) is 32.5 Å². The van der Waals surface area contributed by atoms with Crippen molar-refractivity contribution in [3.8, 4) is 0 Å². The molecule has 0 atom stereocenters. The van der Waals surface area contributed by atoms with Gasteiger partial charge in [-0.05, 0) is 0 Å². The third-order valence-corrected chi connectivity index (χ3v) is 0. The summed E-state index contributed by atoms with van der Waals surface area (Å²) in [4.78, 5) is 8.56. The maximum atomic E-state index is 8.74. The minimum Gasteiger partial charge on any atom is -1.00 e. The van der Waals surface area contributed by atoms with Gasteiger partial charge >= 0.3 is 105 Å². The Morgan fingerprint density at radius 2 is 1.00 bits per heavy atom. The van der Waals surface area contributed by atoms with E-state index in [1.807, 2.05) is 0 Å². The van der Waals surface area contributed by atoms with Crippen LogP contribution in [0.15, 0.2) is 0 Å². The summed E-state index contributed by atoms with van der Waals surface area (Å²) in [7, 11) is -4.67. The Bertz CT molecular complexity index is 172. The van der Waals surface area contributed by atoms with Crippen LogP contribution in [0.1, 0.15) is 4.28 Å². The fourth-order valence-corrected chi connectivity index (χ4v) is 0. The molecule has 12 heavy (non-hydrogen) atoms. The SMILES string of the molecule is O=C(O)O.O=S(=O)(O)O.[H-].[H-].[H-].[Na+].[Na+].[Na+]. The van der Waals surface area contributed by atoms with E-state index in [1.54, 1.807) is 0 Å². The summed E-state index contributed by atoms with van der Waals surface area (Å²) in [5.74, 6) is 0. The van der Waals surface area contributed by atoms with Crippen molar-refractivity contribution in [1.29, 1.82) is 0 Å². The first-order chi connectivity index (χ1) is 3.73. The predicted octanol–water partition coefficient (Wildman–Crippen LogP) is -9.08. The van der Waals surface area contributed by atoms with Crippen LogP contribution in [0.5, 0.6) is 0 Å². The van der Waals surface area contributed by atoms with Gasteiger partial charge in [0.05, 0.1) is 0 Å². The van der Waals surface area contributed by atoms with Gasteiger partial charge in [-0.2, -0.15) is 8.42 Å². The molecule has 0 bridgehead atoms. The molecule has 0 rings (SSSR count). The number of carbonyl (C=O) groups is 1. The second-order valence-corrected chi connectivity index (χ2v) is 1.63. The van der Waals surface area contributed by atoms with Crippen molar-refractivity contribution in [3.05, 3.63) is 0 Å². The zero-order chi connectivity index (χ0) is 8.08. The molecule has 0 heterocycles. The van der Waals surface area contributed by atoms with Crippen molar-refractivity contribution in [2.24, 2.45) is 0 Å². The molecule has 0 radical (unpaired) electrons. The van der Waals surface area contributed by atoms with Crippen LogP contribution in [0.2, 0.25) is 0 Å². The molecule has 7 nitrogen and oxygen atoms in total. The van der Waals surface area contributed by atoms with E-state index in [0.29, 0.717) is 0 Å². The summed E-state index contributed by atoms with van der Waals surface area (Å²) in [5, 5.41) is 13.9. The van der Waals surface area contributed by atoms with Gasteiger partial charge in [0.2, 0.25) is 0 Å². The molecule has 0 aromatic heterocycles. The Hall–Kier alpha value is 2.14. The van der Waals surface area contributed by atoms with E-state index in [9.17, 15) is 0 Å². The molecule has 62 valence electrons. The van der Waals surface area contributed by atoms with Crippen LogP contribution in [0.4, 0.5) is 4.79 Å². The van der Waals surface area contributed by atoms with Crippen LogP contribution in [0.25, 0.3) is 0 Å². The molecule has 4 N–H and O–H groups in total. The van der Waals surface area contributed by atoms with Gasteiger partial charge in [-0.1, -0.05) is 0 Å². The monoisotopic (exact) mass is 232 g/mol. The molecular formula is CH7Na3O7S. The fourth-order valence-electron chi connectivity index (χ4n) is 0. The Kier molecular flexibility index (Phi) is 38.0. The Labute approximate surface area is 140 Å². The van der Waals surface area contributed by atoms with E-state index in [2.05, 4.69) is 0 Å². The third-order valence-electron chi connectivity index (χ3n) is 0. The molecule has 0 unspecified atom stereocenters. The zero-order valence-electron chi connectivity index (χ0n) is 9.92. The van der Waals surface area contributed by atoms with Crippen LogP contribution in [-0.2, 0) is 10.4 Å². The summed E-state index contributed by atoms with van der Waals surface area (Å²) in [6, 6.07) is 0. The maximum absolute atomic E-state index is 8.74. The summed E-state index contributed by atoms with van der Waals surface area (Å²) >= 11 is 0. The van der Waals surface area contributed by atoms with Crippen molar-refractivity contribution in [2.45, 2.75) is 0 Å². The van der Waals surface area contributed by atoms with Crippen molar-refractivity contribution in [3.63, 3.8) is 0 Å². The smallest absolute Gasteiger partial charge is 1.00 e. The van der Waals surface area contributed by atoms with Crippen LogP contribution in [0, 0.1) is 0 Å².